The fourth-order valence-electron chi connectivity index (χ4n) is 3.69. The van der Waals surface area contributed by atoms with E-state index in [4.69, 9.17) is 11.6 Å². The predicted molar refractivity (Wildman–Crippen MR) is 113 cm³/mol. The van der Waals surface area contributed by atoms with Crippen LogP contribution in [-0.2, 0) is 17.8 Å². The van der Waals surface area contributed by atoms with E-state index in [9.17, 15) is 9.59 Å². The third-order valence-electron chi connectivity index (χ3n) is 5.32. The van der Waals surface area contributed by atoms with Gasteiger partial charge in [0.15, 0.2) is 5.43 Å². The second kappa shape index (κ2) is 7.41. The highest BCUT2D eigenvalue weighted by Gasteiger charge is 2.23. The molecular formula is C22H22ClN3O2. The molecule has 6 heteroatoms. The lowest BCUT2D eigenvalue weighted by molar-refractivity contribution is -0.117. The molecule has 2 N–H and O–H groups in total. The van der Waals surface area contributed by atoms with Gasteiger partial charge in [0.1, 0.15) is 0 Å². The Bertz CT molecular complexity index is 1120. The van der Waals surface area contributed by atoms with Crippen molar-refractivity contribution in [2.24, 2.45) is 0 Å². The van der Waals surface area contributed by atoms with E-state index in [1.807, 2.05) is 43.0 Å². The number of H-pyrrole nitrogens is 1. The highest BCUT2D eigenvalue weighted by atomic mass is 35.5. The third-order valence-corrected chi connectivity index (χ3v) is 5.73. The van der Waals surface area contributed by atoms with Gasteiger partial charge in [0, 0.05) is 46.9 Å². The minimum Gasteiger partial charge on any atom is -0.358 e. The van der Waals surface area contributed by atoms with Gasteiger partial charge in [-0.2, -0.15) is 0 Å². The standard InChI is InChI=1S/C22H22ClN3O2/c1-13-3-5-15(6-4-13)24-20(27)12-26-10-9-19-17(11-26)22(28)16-7-8-18(23)14(2)21(16)25-19/h3-8H,9-12H2,1-2H3,(H,24,27)(H,25,28). The molecule has 28 heavy (non-hydrogen) atoms. The van der Waals surface area contributed by atoms with Gasteiger partial charge in [-0.1, -0.05) is 29.3 Å². The molecule has 1 amide bonds. The van der Waals surface area contributed by atoms with Gasteiger partial charge in [0.2, 0.25) is 5.91 Å². The fraction of sp³-hybridized carbons (Fsp3) is 0.273. The van der Waals surface area contributed by atoms with E-state index in [0.29, 0.717) is 23.4 Å². The maximum absolute atomic E-state index is 13.0. The number of benzene rings is 2. The van der Waals surface area contributed by atoms with Crippen LogP contribution in [0.15, 0.2) is 41.2 Å². The Labute approximate surface area is 168 Å². The molecule has 0 radical (unpaired) electrons. The van der Waals surface area contributed by atoms with E-state index in [2.05, 4.69) is 10.3 Å². The average molecular weight is 396 g/mol. The molecule has 1 aromatic heterocycles. The molecule has 0 spiro atoms. The highest BCUT2D eigenvalue weighted by Crippen LogP contribution is 2.25. The first-order valence-electron chi connectivity index (χ1n) is 9.34. The molecule has 2 aromatic carbocycles. The second-order valence-corrected chi connectivity index (χ2v) is 7.79. The van der Waals surface area contributed by atoms with Gasteiger partial charge in [-0.15, -0.1) is 0 Å². The Hall–Kier alpha value is -2.63. The number of aryl methyl sites for hydroxylation is 2. The van der Waals surface area contributed by atoms with E-state index in [-0.39, 0.29) is 17.9 Å². The lowest BCUT2D eigenvalue weighted by Crippen LogP contribution is -2.39. The Morgan fingerprint density at radius 1 is 1.18 bits per heavy atom. The summed E-state index contributed by atoms with van der Waals surface area (Å²) in [7, 11) is 0. The first-order valence-corrected chi connectivity index (χ1v) is 9.72. The highest BCUT2D eigenvalue weighted by molar-refractivity contribution is 6.32. The molecule has 0 saturated heterocycles. The summed E-state index contributed by atoms with van der Waals surface area (Å²) in [6, 6.07) is 11.2. The summed E-state index contributed by atoms with van der Waals surface area (Å²) < 4.78 is 0. The van der Waals surface area contributed by atoms with Crippen molar-refractivity contribution >= 4 is 34.1 Å². The van der Waals surface area contributed by atoms with Crippen LogP contribution in [0.5, 0.6) is 0 Å². The number of carbonyl (C=O) groups excluding carboxylic acids is 1. The Balaban J connectivity index is 1.54. The number of aromatic nitrogens is 1. The molecule has 4 rings (SSSR count). The molecule has 0 atom stereocenters. The number of rotatable bonds is 3. The lowest BCUT2D eigenvalue weighted by atomic mass is 10.0. The molecule has 5 nitrogen and oxygen atoms in total. The zero-order chi connectivity index (χ0) is 19.8. The van der Waals surface area contributed by atoms with Gasteiger partial charge in [0.05, 0.1) is 12.1 Å². The topological polar surface area (TPSA) is 65.2 Å². The van der Waals surface area contributed by atoms with Crippen LogP contribution in [-0.4, -0.2) is 28.9 Å². The quantitative estimate of drug-likeness (QED) is 0.709. The van der Waals surface area contributed by atoms with Crippen molar-refractivity contribution in [2.45, 2.75) is 26.8 Å². The lowest BCUT2D eigenvalue weighted by Gasteiger charge is -2.28. The van der Waals surface area contributed by atoms with E-state index < -0.39 is 0 Å². The Morgan fingerprint density at radius 2 is 1.93 bits per heavy atom. The number of pyridine rings is 1. The van der Waals surface area contributed by atoms with Crippen molar-refractivity contribution in [2.75, 3.05) is 18.4 Å². The molecule has 1 aliphatic rings. The van der Waals surface area contributed by atoms with Crippen LogP contribution < -0.4 is 10.7 Å². The number of halogens is 1. The largest absolute Gasteiger partial charge is 0.358 e. The van der Waals surface area contributed by atoms with Gasteiger partial charge >= 0.3 is 0 Å². The summed E-state index contributed by atoms with van der Waals surface area (Å²) >= 11 is 6.20. The molecular weight excluding hydrogens is 374 g/mol. The molecule has 3 aromatic rings. The minimum absolute atomic E-state index is 0.0205. The van der Waals surface area contributed by atoms with Crippen molar-refractivity contribution < 1.29 is 4.79 Å². The monoisotopic (exact) mass is 395 g/mol. The number of hydrogen-bond donors (Lipinski definition) is 2. The van der Waals surface area contributed by atoms with Crippen molar-refractivity contribution in [1.29, 1.82) is 0 Å². The van der Waals surface area contributed by atoms with Crippen LogP contribution >= 0.6 is 11.6 Å². The Kier molecular flexibility index (Phi) is 4.96. The number of amides is 1. The molecule has 1 aliphatic heterocycles. The zero-order valence-electron chi connectivity index (χ0n) is 15.9. The van der Waals surface area contributed by atoms with Crippen molar-refractivity contribution in [3.8, 4) is 0 Å². The summed E-state index contributed by atoms with van der Waals surface area (Å²) in [4.78, 5) is 30.8. The van der Waals surface area contributed by atoms with Gasteiger partial charge in [-0.3, -0.25) is 14.5 Å². The number of anilines is 1. The smallest absolute Gasteiger partial charge is 0.238 e. The SMILES string of the molecule is Cc1ccc(NC(=O)CN2CCc3[nH]c4c(C)c(Cl)ccc4c(=O)c3C2)cc1. The van der Waals surface area contributed by atoms with Crippen LogP contribution in [0, 0.1) is 13.8 Å². The van der Waals surface area contributed by atoms with Crippen molar-refractivity contribution in [1.82, 2.24) is 9.88 Å². The first-order chi connectivity index (χ1) is 13.4. The van der Waals surface area contributed by atoms with Gasteiger partial charge in [0.25, 0.3) is 0 Å². The van der Waals surface area contributed by atoms with Gasteiger partial charge < -0.3 is 10.3 Å². The van der Waals surface area contributed by atoms with Gasteiger partial charge in [-0.25, -0.2) is 0 Å². The summed E-state index contributed by atoms with van der Waals surface area (Å²) in [6.07, 6.45) is 0.699. The van der Waals surface area contributed by atoms with Crippen molar-refractivity contribution in [3.05, 3.63) is 74.0 Å². The van der Waals surface area contributed by atoms with Crippen LogP contribution in [0.4, 0.5) is 5.69 Å². The maximum atomic E-state index is 13.0. The van der Waals surface area contributed by atoms with Crippen LogP contribution in [0.3, 0.4) is 0 Å². The minimum atomic E-state index is -0.0767. The molecule has 0 unspecified atom stereocenters. The van der Waals surface area contributed by atoms with Crippen LogP contribution in [0.1, 0.15) is 22.4 Å². The first kappa shape index (κ1) is 18.7. The van der Waals surface area contributed by atoms with Gasteiger partial charge in [-0.05, 0) is 43.7 Å². The van der Waals surface area contributed by atoms with E-state index in [1.165, 1.54) is 0 Å². The molecule has 0 saturated carbocycles. The van der Waals surface area contributed by atoms with Crippen molar-refractivity contribution in [3.63, 3.8) is 0 Å². The summed E-state index contributed by atoms with van der Waals surface area (Å²) in [5, 5.41) is 4.21. The van der Waals surface area contributed by atoms with Crippen LogP contribution in [0.2, 0.25) is 5.02 Å². The number of fused-ring (bicyclic) bond motifs is 2. The molecule has 0 fully saturated rings. The predicted octanol–water partition coefficient (Wildman–Crippen LogP) is 3.80. The van der Waals surface area contributed by atoms with Crippen LogP contribution in [0.25, 0.3) is 10.9 Å². The van der Waals surface area contributed by atoms with E-state index in [1.54, 1.807) is 12.1 Å². The Morgan fingerprint density at radius 3 is 2.68 bits per heavy atom. The van der Waals surface area contributed by atoms with E-state index in [0.717, 1.165) is 40.1 Å². The molecule has 144 valence electrons. The molecule has 0 aliphatic carbocycles. The number of hydrogen-bond acceptors (Lipinski definition) is 3. The maximum Gasteiger partial charge on any atom is 0.238 e. The summed E-state index contributed by atoms with van der Waals surface area (Å²) in [6.45, 7) is 5.36. The fourth-order valence-corrected chi connectivity index (χ4v) is 3.85. The number of aromatic amines is 1. The number of nitrogens with one attached hydrogen (secondary N) is 2. The summed E-state index contributed by atoms with van der Waals surface area (Å²) in [5.74, 6) is -0.0767. The number of nitrogens with zero attached hydrogens (tertiary/aromatic N) is 1. The van der Waals surface area contributed by atoms with E-state index >= 15 is 0 Å². The molecule has 0 bridgehead atoms. The second-order valence-electron chi connectivity index (χ2n) is 7.38. The zero-order valence-corrected chi connectivity index (χ0v) is 16.7. The third kappa shape index (κ3) is 3.55. The average Bonchev–Trinajstić information content (AvgIpc) is 2.67. The summed E-state index contributed by atoms with van der Waals surface area (Å²) in [5.41, 5.74) is 5.33. The molecule has 2 heterocycles. The normalized spacial score (nSPS) is 14.1. The number of carbonyl (C=O) groups is 1.